The summed E-state index contributed by atoms with van der Waals surface area (Å²) < 4.78 is 0. The van der Waals surface area contributed by atoms with Gasteiger partial charge in [-0.15, -0.1) is 0 Å². The SMILES string of the molecule is CC1C=Cc2cccc(O)c2N1. The van der Waals surface area contributed by atoms with Crippen molar-refractivity contribution < 1.29 is 5.11 Å². The predicted octanol–water partition coefficient (Wildman–Crippen LogP) is 2.22. The molecule has 0 aliphatic carbocycles. The lowest BCUT2D eigenvalue weighted by atomic mass is 10.1. The summed E-state index contributed by atoms with van der Waals surface area (Å²) in [4.78, 5) is 0. The number of para-hydroxylation sites is 1. The molecule has 1 aromatic rings. The van der Waals surface area contributed by atoms with Crippen molar-refractivity contribution in [2.75, 3.05) is 5.32 Å². The van der Waals surface area contributed by atoms with Gasteiger partial charge in [0.05, 0.1) is 5.69 Å². The Hall–Kier alpha value is -1.44. The zero-order valence-electron chi connectivity index (χ0n) is 6.91. The second-order valence-electron chi connectivity index (χ2n) is 3.03. The molecule has 0 aromatic heterocycles. The van der Waals surface area contributed by atoms with E-state index in [1.165, 1.54) is 0 Å². The standard InChI is InChI=1S/C10H11NO/c1-7-5-6-8-3-2-4-9(12)10(8)11-7/h2-7,11-12H,1H3. The van der Waals surface area contributed by atoms with Gasteiger partial charge in [0.15, 0.2) is 0 Å². The summed E-state index contributed by atoms with van der Waals surface area (Å²) in [5.74, 6) is 0.323. The number of phenolic OH excluding ortho intramolecular Hbond substituents is 1. The van der Waals surface area contributed by atoms with Crippen LogP contribution in [-0.4, -0.2) is 11.1 Å². The van der Waals surface area contributed by atoms with Gasteiger partial charge in [-0.3, -0.25) is 0 Å². The van der Waals surface area contributed by atoms with E-state index in [1.54, 1.807) is 6.07 Å². The Kier molecular flexibility index (Phi) is 1.54. The summed E-state index contributed by atoms with van der Waals surface area (Å²) in [6.07, 6.45) is 4.10. The van der Waals surface area contributed by atoms with E-state index in [2.05, 4.69) is 11.4 Å². The molecule has 2 nitrogen and oxygen atoms in total. The normalized spacial score (nSPS) is 19.9. The molecule has 1 atom stereocenters. The van der Waals surface area contributed by atoms with E-state index in [4.69, 9.17) is 0 Å². The molecule has 2 rings (SSSR count). The maximum Gasteiger partial charge on any atom is 0.139 e. The molecule has 1 aliphatic rings. The molecule has 1 heterocycles. The van der Waals surface area contributed by atoms with Gasteiger partial charge in [-0.05, 0) is 13.0 Å². The molecular weight excluding hydrogens is 150 g/mol. The smallest absolute Gasteiger partial charge is 0.139 e. The van der Waals surface area contributed by atoms with Gasteiger partial charge in [-0.1, -0.05) is 24.3 Å². The molecule has 2 heteroatoms. The topological polar surface area (TPSA) is 32.3 Å². The molecule has 1 unspecified atom stereocenters. The number of phenols is 1. The number of benzene rings is 1. The molecule has 2 N–H and O–H groups in total. The number of hydrogen-bond acceptors (Lipinski definition) is 2. The molecule has 0 radical (unpaired) electrons. The number of hydrogen-bond donors (Lipinski definition) is 2. The van der Waals surface area contributed by atoms with Crippen molar-refractivity contribution in [1.82, 2.24) is 0 Å². The molecule has 1 aromatic carbocycles. The Morgan fingerprint density at radius 1 is 1.42 bits per heavy atom. The molecule has 0 amide bonds. The fourth-order valence-corrected chi connectivity index (χ4v) is 1.38. The highest BCUT2D eigenvalue weighted by molar-refractivity contribution is 5.75. The minimum absolute atomic E-state index is 0.297. The maximum atomic E-state index is 9.48. The number of rotatable bonds is 0. The summed E-state index contributed by atoms with van der Waals surface area (Å²) >= 11 is 0. The van der Waals surface area contributed by atoms with E-state index >= 15 is 0 Å². The van der Waals surface area contributed by atoms with Crippen molar-refractivity contribution in [3.8, 4) is 5.75 Å². The van der Waals surface area contributed by atoms with E-state index in [0.717, 1.165) is 11.3 Å². The molecular formula is C10H11NO. The van der Waals surface area contributed by atoms with Gasteiger partial charge in [0, 0.05) is 11.6 Å². The van der Waals surface area contributed by atoms with Crippen LogP contribution >= 0.6 is 0 Å². The monoisotopic (exact) mass is 161 g/mol. The van der Waals surface area contributed by atoms with Crippen LogP contribution in [0.2, 0.25) is 0 Å². The van der Waals surface area contributed by atoms with Crippen molar-refractivity contribution in [3.63, 3.8) is 0 Å². The molecule has 0 fully saturated rings. The van der Waals surface area contributed by atoms with Gasteiger partial charge >= 0.3 is 0 Å². The minimum atomic E-state index is 0.297. The van der Waals surface area contributed by atoms with Crippen LogP contribution in [0.1, 0.15) is 12.5 Å². The van der Waals surface area contributed by atoms with Gasteiger partial charge < -0.3 is 10.4 Å². The number of nitrogens with one attached hydrogen (secondary N) is 1. The van der Waals surface area contributed by atoms with Crippen LogP contribution in [-0.2, 0) is 0 Å². The summed E-state index contributed by atoms with van der Waals surface area (Å²) in [6.45, 7) is 2.05. The molecule has 12 heavy (non-hydrogen) atoms. The van der Waals surface area contributed by atoms with Gasteiger partial charge in [-0.2, -0.15) is 0 Å². The average molecular weight is 161 g/mol. The lowest BCUT2D eigenvalue weighted by Gasteiger charge is -2.19. The first-order valence-electron chi connectivity index (χ1n) is 4.04. The first-order valence-corrected chi connectivity index (χ1v) is 4.04. The molecule has 1 aliphatic heterocycles. The van der Waals surface area contributed by atoms with Crippen LogP contribution in [0.3, 0.4) is 0 Å². The number of aromatic hydroxyl groups is 1. The Morgan fingerprint density at radius 3 is 3.08 bits per heavy atom. The van der Waals surface area contributed by atoms with Gasteiger partial charge in [0.25, 0.3) is 0 Å². The molecule has 0 bridgehead atoms. The Balaban J connectivity index is 2.53. The average Bonchev–Trinajstić information content (AvgIpc) is 2.07. The summed E-state index contributed by atoms with van der Waals surface area (Å²) in [6, 6.07) is 5.81. The minimum Gasteiger partial charge on any atom is -0.506 e. The van der Waals surface area contributed by atoms with Crippen LogP contribution in [0.15, 0.2) is 24.3 Å². The predicted molar refractivity (Wildman–Crippen MR) is 50.2 cm³/mol. The second kappa shape index (κ2) is 2.55. The highest BCUT2D eigenvalue weighted by Gasteiger charge is 2.10. The highest BCUT2D eigenvalue weighted by atomic mass is 16.3. The fourth-order valence-electron chi connectivity index (χ4n) is 1.38. The largest absolute Gasteiger partial charge is 0.506 e. The maximum absolute atomic E-state index is 9.48. The Morgan fingerprint density at radius 2 is 2.25 bits per heavy atom. The van der Waals surface area contributed by atoms with Gasteiger partial charge in [-0.25, -0.2) is 0 Å². The molecule has 0 spiro atoms. The summed E-state index contributed by atoms with van der Waals surface area (Å²) in [7, 11) is 0. The van der Waals surface area contributed by atoms with E-state index in [-0.39, 0.29) is 0 Å². The molecule has 0 saturated carbocycles. The third kappa shape index (κ3) is 1.05. The van der Waals surface area contributed by atoms with Crippen molar-refractivity contribution in [1.29, 1.82) is 0 Å². The number of anilines is 1. The lowest BCUT2D eigenvalue weighted by molar-refractivity contribution is 0.476. The molecule has 0 saturated heterocycles. The van der Waals surface area contributed by atoms with Crippen molar-refractivity contribution in [2.45, 2.75) is 13.0 Å². The van der Waals surface area contributed by atoms with Crippen LogP contribution in [0.4, 0.5) is 5.69 Å². The highest BCUT2D eigenvalue weighted by Crippen LogP contribution is 2.31. The van der Waals surface area contributed by atoms with Crippen LogP contribution in [0, 0.1) is 0 Å². The van der Waals surface area contributed by atoms with E-state index in [0.29, 0.717) is 11.8 Å². The third-order valence-electron chi connectivity index (χ3n) is 2.01. The second-order valence-corrected chi connectivity index (χ2v) is 3.03. The van der Waals surface area contributed by atoms with Gasteiger partial charge in [0.2, 0.25) is 0 Å². The van der Waals surface area contributed by atoms with Crippen LogP contribution in [0.5, 0.6) is 5.75 Å². The van der Waals surface area contributed by atoms with E-state index in [9.17, 15) is 5.11 Å². The zero-order chi connectivity index (χ0) is 8.55. The quantitative estimate of drug-likeness (QED) is 0.572. The summed E-state index contributed by atoms with van der Waals surface area (Å²) in [5.41, 5.74) is 1.89. The fraction of sp³-hybridized carbons (Fsp3) is 0.200. The van der Waals surface area contributed by atoms with Gasteiger partial charge in [0.1, 0.15) is 5.75 Å². The first-order chi connectivity index (χ1) is 5.77. The third-order valence-corrected chi connectivity index (χ3v) is 2.01. The van der Waals surface area contributed by atoms with Crippen LogP contribution in [0.25, 0.3) is 6.08 Å². The number of fused-ring (bicyclic) bond motifs is 1. The Labute approximate surface area is 71.5 Å². The van der Waals surface area contributed by atoms with Crippen molar-refractivity contribution in [2.24, 2.45) is 0 Å². The first kappa shape index (κ1) is 7.22. The zero-order valence-corrected chi connectivity index (χ0v) is 6.91. The van der Waals surface area contributed by atoms with E-state index < -0.39 is 0 Å². The molecule has 62 valence electrons. The van der Waals surface area contributed by atoms with Crippen molar-refractivity contribution >= 4 is 11.8 Å². The van der Waals surface area contributed by atoms with E-state index in [1.807, 2.05) is 25.1 Å². The summed E-state index contributed by atoms with van der Waals surface area (Å²) in [5, 5.41) is 12.7. The Bertz CT molecular complexity index is 331. The lowest BCUT2D eigenvalue weighted by Crippen LogP contribution is -2.15. The van der Waals surface area contributed by atoms with Crippen LogP contribution < -0.4 is 5.32 Å². The van der Waals surface area contributed by atoms with Crippen molar-refractivity contribution in [3.05, 3.63) is 29.8 Å².